The molecule has 0 aliphatic carbocycles. The van der Waals surface area contributed by atoms with Crippen LogP contribution in [0.1, 0.15) is 16.1 Å². The topological polar surface area (TPSA) is 64.2 Å². The number of carbonyl (C=O) groups excluding carboxylic acids is 1. The van der Waals surface area contributed by atoms with Crippen molar-refractivity contribution in [1.29, 1.82) is 0 Å². The van der Waals surface area contributed by atoms with Crippen molar-refractivity contribution < 1.29 is 4.79 Å². The zero-order chi connectivity index (χ0) is 8.72. The number of rotatable bonds is 0. The van der Waals surface area contributed by atoms with Crippen LogP contribution in [0.4, 0.5) is 0 Å². The molecule has 0 fully saturated rings. The van der Waals surface area contributed by atoms with Crippen molar-refractivity contribution in [2.24, 2.45) is 12.9 Å². The van der Waals surface area contributed by atoms with Gasteiger partial charge in [-0.15, -0.1) is 0 Å². The van der Waals surface area contributed by atoms with E-state index in [0.29, 0.717) is 12.1 Å². The first kappa shape index (κ1) is 7.30. The number of hydrazine groups is 1. The zero-order valence-electron chi connectivity index (χ0n) is 6.82. The van der Waals surface area contributed by atoms with Gasteiger partial charge in [-0.3, -0.25) is 14.5 Å². The molecule has 0 radical (unpaired) electrons. The molecule has 0 bridgehead atoms. The van der Waals surface area contributed by atoms with Gasteiger partial charge >= 0.3 is 0 Å². The molecule has 5 heteroatoms. The summed E-state index contributed by atoms with van der Waals surface area (Å²) >= 11 is 0. The molecule has 12 heavy (non-hydrogen) atoms. The van der Waals surface area contributed by atoms with Crippen LogP contribution >= 0.6 is 0 Å². The van der Waals surface area contributed by atoms with Gasteiger partial charge in [-0.05, 0) is 0 Å². The molecule has 0 spiro atoms. The second-order valence-electron chi connectivity index (χ2n) is 2.91. The van der Waals surface area contributed by atoms with Crippen LogP contribution in [0.5, 0.6) is 0 Å². The van der Waals surface area contributed by atoms with Crippen LogP contribution in [0, 0.1) is 0 Å². The third-order valence-corrected chi connectivity index (χ3v) is 1.99. The Hall–Kier alpha value is -1.36. The summed E-state index contributed by atoms with van der Waals surface area (Å²) in [7, 11) is 1.80. The lowest BCUT2D eigenvalue weighted by atomic mass is 10.1. The Morgan fingerprint density at radius 2 is 2.42 bits per heavy atom. The van der Waals surface area contributed by atoms with Gasteiger partial charge in [0.1, 0.15) is 0 Å². The highest BCUT2D eigenvalue weighted by Gasteiger charge is 2.24. The van der Waals surface area contributed by atoms with Crippen LogP contribution in [-0.4, -0.2) is 27.2 Å². The van der Waals surface area contributed by atoms with Crippen molar-refractivity contribution in [3.63, 3.8) is 0 Å². The van der Waals surface area contributed by atoms with Crippen LogP contribution in [0.2, 0.25) is 0 Å². The smallest absolute Gasteiger partial charge is 0.271 e. The molecule has 1 aliphatic heterocycles. The van der Waals surface area contributed by atoms with Crippen LogP contribution < -0.4 is 5.84 Å². The van der Waals surface area contributed by atoms with Gasteiger partial charge in [0.25, 0.3) is 5.91 Å². The Balaban J connectivity index is 2.48. The van der Waals surface area contributed by atoms with Gasteiger partial charge in [-0.25, -0.2) is 5.84 Å². The third-order valence-electron chi connectivity index (χ3n) is 1.99. The Morgan fingerprint density at radius 1 is 1.67 bits per heavy atom. The molecule has 1 aliphatic rings. The fraction of sp³-hybridized carbons (Fsp3) is 0.429. The van der Waals surface area contributed by atoms with E-state index in [0.717, 1.165) is 12.1 Å². The monoisotopic (exact) mass is 166 g/mol. The summed E-state index contributed by atoms with van der Waals surface area (Å²) in [4.78, 5) is 11.4. The van der Waals surface area contributed by atoms with E-state index in [9.17, 15) is 4.79 Å². The molecule has 0 unspecified atom stereocenters. The molecule has 0 atom stereocenters. The maximum Gasteiger partial charge on any atom is 0.271 e. The molecular formula is C7H10N4O. The number of hydrogen-bond donors (Lipinski definition) is 1. The largest absolute Gasteiger partial charge is 0.276 e. The van der Waals surface area contributed by atoms with E-state index < -0.39 is 0 Å². The first-order valence-corrected chi connectivity index (χ1v) is 3.77. The average Bonchev–Trinajstić information content (AvgIpc) is 2.39. The first-order valence-electron chi connectivity index (χ1n) is 3.77. The summed E-state index contributed by atoms with van der Waals surface area (Å²) in [5, 5.41) is 5.38. The molecule has 2 heterocycles. The van der Waals surface area contributed by atoms with Crippen molar-refractivity contribution in [2.75, 3.05) is 6.54 Å². The lowest BCUT2D eigenvalue weighted by Gasteiger charge is -2.20. The van der Waals surface area contributed by atoms with Gasteiger partial charge in [0.05, 0.1) is 11.3 Å². The Labute approximate surface area is 69.7 Å². The highest BCUT2D eigenvalue weighted by molar-refractivity contribution is 5.95. The average molecular weight is 166 g/mol. The van der Waals surface area contributed by atoms with Crippen molar-refractivity contribution in [3.05, 3.63) is 17.5 Å². The summed E-state index contributed by atoms with van der Waals surface area (Å²) < 4.78 is 1.64. The molecule has 0 saturated carbocycles. The second kappa shape index (κ2) is 2.31. The molecular weight excluding hydrogens is 156 g/mol. The van der Waals surface area contributed by atoms with Gasteiger partial charge in [-0.1, -0.05) is 0 Å². The SMILES string of the molecule is Cn1cc2c(n1)CCN(N)C2=O. The van der Waals surface area contributed by atoms with Gasteiger partial charge in [0.15, 0.2) is 0 Å². The minimum Gasteiger partial charge on any atom is -0.276 e. The number of carbonyl (C=O) groups is 1. The number of aryl methyl sites for hydroxylation is 1. The molecule has 1 aromatic rings. The van der Waals surface area contributed by atoms with Crippen LogP contribution in [-0.2, 0) is 13.5 Å². The maximum atomic E-state index is 11.4. The van der Waals surface area contributed by atoms with E-state index in [1.54, 1.807) is 17.9 Å². The van der Waals surface area contributed by atoms with Gasteiger partial charge in [0.2, 0.25) is 0 Å². The second-order valence-corrected chi connectivity index (χ2v) is 2.91. The summed E-state index contributed by atoms with van der Waals surface area (Å²) in [6.07, 6.45) is 2.45. The molecule has 0 aromatic carbocycles. The fourth-order valence-corrected chi connectivity index (χ4v) is 1.38. The molecule has 1 amide bonds. The van der Waals surface area contributed by atoms with Gasteiger partial charge < -0.3 is 0 Å². The minimum absolute atomic E-state index is 0.135. The van der Waals surface area contributed by atoms with E-state index in [1.165, 1.54) is 5.01 Å². The minimum atomic E-state index is -0.135. The number of fused-ring (bicyclic) bond motifs is 1. The van der Waals surface area contributed by atoms with Crippen molar-refractivity contribution in [2.45, 2.75) is 6.42 Å². The molecule has 2 N–H and O–H groups in total. The lowest BCUT2D eigenvalue weighted by molar-refractivity contribution is 0.0739. The number of aromatic nitrogens is 2. The normalized spacial score (nSPS) is 16.5. The van der Waals surface area contributed by atoms with E-state index in [1.807, 2.05) is 0 Å². The lowest BCUT2D eigenvalue weighted by Crippen LogP contribution is -2.42. The summed E-state index contributed by atoms with van der Waals surface area (Å²) in [6, 6.07) is 0. The summed E-state index contributed by atoms with van der Waals surface area (Å²) in [6.45, 7) is 0.558. The van der Waals surface area contributed by atoms with Gasteiger partial charge in [0, 0.05) is 26.2 Å². The van der Waals surface area contributed by atoms with Crippen LogP contribution in [0.3, 0.4) is 0 Å². The summed E-state index contributed by atoms with van der Waals surface area (Å²) in [5.74, 6) is 5.31. The molecule has 0 saturated heterocycles. The van der Waals surface area contributed by atoms with E-state index in [2.05, 4.69) is 5.10 Å². The molecule has 64 valence electrons. The van der Waals surface area contributed by atoms with Crippen molar-refractivity contribution in [3.8, 4) is 0 Å². The number of hydrogen-bond acceptors (Lipinski definition) is 3. The summed E-state index contributed by atoms with van der Waals surface area (Å²) in [5.41, 5.74) is 1.48. The number of nitrogens with two attached hydrogens (primary N) is 1. The quantitative estimate of drug-likeness (QED) is 0.409. The fourth-order valence-electron chi connectivity index (χ4n) is 1.38. The van der Waals surface area contributed by atoms with Crippen molar-refractivity contribution in [1.82, 2.24) is 14.8 Å². The predicted molar refractivity (Wildman–Crippen MR) is 42.1 cm³/mol. The van der Waals surface area contributed by atoms with E-state index in [-0.39, 0.29) is 5.91 Å². The Kier molecular flexibility index (Phi) is 1.41. The Bertz CT molecular complexity index is 330. The molecule has 1 aromatic heterocycles. The van der Waals surface area contributed by atoms with E-state index >= 15 is 0 Å². The molecule has 2 rings (SSSR count). The van der Waals surface area contributed by atoms with Crippen LogP contribution in [0.25, 0.3) is 0 Å². The van der Waals surface area contributed by atoms with Crippen LogP contribution in [0.15, 0.2) is 6.20 Å². The maximum absolute atomic E-state index is 11.4. The van der Waals surface area contributed by atoms with Gasteiger partial charge in [-0.2, -0.15) is 5.10 Å². The Morgan fingerprint density at radius 3 is 3.17 bits per heavy atom. The highest BCUT2D eigenvalue weighted by atomic mass is 16.2. The van der Waals surface area contributed by atoms with E-state index in [4.69, 9.17) is 5.84 Å². The predicted octanol–water partition coefficient (Wildman–Crippen LogP) is -0.708. The number of amides is 1. The third kappa shape index (κ3) is 0.902. The number of nitrogens with zero attached hydrogens (tertiary/aromatic N) is 3. The standard InChI is InChI=1S/C7H10N4O/c1-10-4-5-6(9-10)2-3-11(8)7(5)12/h4H,2-3,8H2,1H3. The first-order chi connectivity index (χ1) is 5.68. The highest BCUT2D eigenvalue weighted by Crippen LogP contribution is 2.14. The molecule has 5 nitrogen and oxygen atoms in total. The zero-order valence-corrected chi connectivity index (χ0v) is 6.82. The van der Waals surface area contributed by atoms with Crippen molar-refractivity contribution >= 4 is 5.91 Å².